The van der Waals surface area contributed by atoms with Crippen molar-refractivity contribution in [3.8, 4) is 0 Å². The predicted octanol–water partition coefficient (Wildman–Crippen LogP) is 2.95. The van der Waals surface area contributed by atoms with Crippen molar-refractivity contribution in [3.05, 3.63) is 0 Å². The van der Waals surface area contributed by atoms with E-state index in [-0.39, 0.29) is 6.61 Å². The molecule has 0 saturated carbocycles. The Morgan fingerprint density at radius 3 is 1.83 bits per heavy atom. The third-order valence-electron chi connectivity index (χ3n) is 2.24. The second kappa shape index (κ2) is 14.9. The van der Waals surface area contributed by atoms with Gasteiger partial charge in [-0.15, -0.1) is 0 Å². The Bertz CT molecular complexity index is 233. The molecule has 0 aromatic rings. The average molecular weight is 284 g/mol. The minimum Gasteiger partial charge on any atom is -0.396 e. The van der Waals surface area contributed by atoms with E-state index in [1.165, 1.54) is 32.1 Å². The molecule has 0 heterocycles. The number of hydrogen-bond acceptors (Lipinski definition) is 4. The summed E-state index contributed by atoms with van der Waals surface area (Å²) in [6.45, 7) is 4.54. The van der Waals surface area contributed by atoms with E-state index in [0.29, 0.717) is 13.0 Å². The van der Waals surface area contributed by atoms with E-state index in [1.54, 1.807) is 0 Å². The standard InChI is InChI=1S/C8H18O.C4H10O4S/c1-2-3-4-5-6-7-8-9;1-2-3-4-8-9(5,6)7/h9H,2-8H2,1H3;2-4H2,1H3,(H,5,6,7). The summed E-state index contributed by atoms with van der Waals surface area (Å²) in [5.41, 5.74) is 0. The number of aliphatic hydroxyl groups is 1. The van der Waals surface area contributed by atoms with Crippen molar-refractivity contribution in [2.75, 3.05) is 13.2 Å². The van der Waals surface area contributed by atoms with Gasteiger partial charge in [0.05, 0.1) is 6.61 Å². The molecular weight excluding hydrogens is 256 g/mol. The SMILES string of the molecule is CCCCCCCCO.CCCCOS(=O)(=O)O. The summed E-state index contributed by atoms with van der Waals surface area (Å²) >= 11 is 0. The maximum absolute atomic E-state index is 9.84. The lowest BCUT2D eigenvalue weighted by atomic mass is 10.1. The van der Waals surface area contributed by atoms with Gasteiger partial charge in [0.25, 0.3) is 0 Å². The molecule has 112 valence electrons. The second-order valence-electron chi connectivity index (χ2n) is 4.09. The van der Waals surface area contributed by atoms with Crippen LogP contribution in [0.1, 0.15) is 65.2 Å². The highest BCUT2D eigenvalue weighted by Crippen LogP contribution is 2.03. The first-order valence-corrected chi connectivity index (χ1v) is 8.07. The summed E-state index contributed by atoms with van der Waals surface area (Å²) in [7, 11) is -4.20. The quantitative estimate of drug-likeness (QED) is 0.476. The Labute approximate surface area is 112 Å². The summed E-state index contributed by atoms with van der Waals surface area (Å²) in [5, 5.41) is 8.42. The Morgan fingerprint density at radius 1 is 0.889 bits per heavy atom. The van der Waals surface area contributed by atoms with E-state index in [9.17, 15) is 8.42 Å². The zero-order valence-electron chi connectivity index (χ0n) is 11.6. The summed E-state index contributed by atoms with van der Waals surface area (Å²) in [5.74, 6) is 0. The molecule has 0 aliphatic heterocycles. The van der Waals surface area contributed by atoms with Crippen LogP contribution < -0.4 is 0 Å². The Hall–Kier alpha value is -0.170. The van der Waals surface area contributed by atoms with Crippen LogP contribution in [0.5, 0.6) is 0 Å². The summed E-state index contributed by atoms with van der Waals surface area (Å²) < 4.78 is 31.7. The fraction of sp³-hybridized carbons (Fsp3) is 1.00. The van der Waals surface area contributed by atoms with Gasteiger partial charge in [0.1, 0.15) is 0 Å². The van der Waals surface area contributed by atoms with Crippen LogP contribution in [0.15, 0.2) is 0 Å². The fourth-order valence-electron chi connectivity index (χ4n) is 1.20. The molecule has 5 nitrogen and oxygen atoms in total. The molecule has 18 heavy (non-hydrogen) atoms. The average Bonchev–Trinajstić information content (AvgIpc) is 2.29. The number of unbranched alkanes of at least 4 members (excludes halogenated alkanes) is 6. The molecule has 0 saturated heterocycles. The van der Waals surface area contributed by atoms with Crippen molar-refractivity contribution < 1.29 is 22.3 Å². The van der Waals surface area contributed by atoms with E-state index in [0.717, 1.165) is 12.8 Å². The van der Waals surface area contributed by atoms with Gasteiger partial charge in [-0.2, -0.15) is 8.42 Å². The molecule has 0 rings (SSSR count). The van der Waals surface area contributed by atoms with Crippen LogP contribution in [0.4, 0.5) is 0 Å². The van der Waals surface area contributed by atoms with Gasteiger partial charge >= 0.3 is 10.4 Å². The third kappa shape index (κ3) is 24.9. The van der Waals surface area contributed by atoms with Crippen LogP contribution in [0.25, 0.3) is 0 Å². The van der Waals surface area contributed by atoms with Gasteiger partial charge in [0.15, 0.2) is 0 Å². The normalized spacial score (nSPS) is 10.9. The van der Waals surface area contributed by atoms with Gasteiger partial charge in [0, 0.05) is 6.61 Å². The van der Waals surface area contributed by atoms with Crippen LogP contribution in [0.3, 0.4) is 0 Å². The summed E-state index contributed by atoms with van der Waals surface area (Å²) in [4.78, 5) is 0. The van der Waals surface area contributed by atoms with Crippen LogP contribution in [-0.4, -0.2) is 31.3 Å². The molecule has 6 heteroatoms. The van der Waals surface area contributed by atoms with E-state index < -0.39 is 10.4 Å². The number of hydrogen-bond donors (Lipinski definition) is 2. The monoisotopic (exact) mass is 284 g/mol. The van der Waals surface area contributed by atoms with Gasteiger partial charge in [-0.05, 0) is 12.8 Å². The van der Waals surface area contributed by atoms with Crippen molar-refractivity contribution in [2.45, 2.75) is 65.2 Å². The van der Waals surface area contributed by atoms with Crippen LogP contribution in [0, 0.1) is 0 Å². The van der Waals surface area contributed by atoms with Crippen molar-refractivity contribution in [2.24, 2.45) is 0 Å². The molecule has 0 radical (unpaired) electrons. The van der Waals surface area contributed by atoms with Crippen LogP contribution >= 0.6 is 0 Å². The molecule has 0 aromatic carbocycles. The highest BCUT2D eigenvalue weighted by Gasteiger charge is 2.01. The third-order valence-corrected chi connectivity index (χ3v) is 2.71. The van der Waals surface area contributed by atoms with E-state index in [1.807, 2.05) is 6.92 Å². The van der Waals surface area contributed by atoms with Gasteiger partial charge in [-0.3, -0.25) is 4.55 Å². The van der Waals surface area contributed by atoms with E-state index in [2.05, 4.69) is 11.1 Å². The highest BCUT2D eigenvalue weighted by molar-refractivity contribution is 7.80. The lowest BCUT2D eigenvalue weighted by Crippen LogP contribution is -2.04. The molecule has 0 amide bonds. The number of rotatable bonds is 10. The van der Waals surface area contributed by atoms with Gasteiger partial charge in [-0.25, -0.2) is 4.18 Å². The van der Waals surface area contributed by atoms with Crippen molar-refractivity contribution >= 4 is 10.4 Å². The molecule has 0 aliphatic carbocycles. The smallest absolute Gasteiger partial charge is 0.396 e. The molecular formula is C12H28O5S. The van der Waals surface area contributed by atoms with Crippen LogP contribution in [0.2, 0.25) is 0 Å². The first-order valence-electron chi connectivity index (χ1n) is 6.70. The molecule has 0 atom stereocenters. The first kappa shape index (κ1) is 20.2. The molecule has 0 bridgehead atoms. The number of aliphatic hydroxyl groups excluding tert-OH is 1. The van der Waals surface area contributed by atoms with Crippen LogP contribution in [-0.2, 0) is 14.6 Å². The zero-order chi connectivity index (χ0) is 14.3. The molecule has 0 aliphatic rings. The topological polar surface area (TPSA) is 83.8 Å². The summed E-state index contributed by atoms with van der Waals surface area (Å²) in [6, 6.07) is 0. The minimum absolute atomic E-state index is 0.0648. The van der Waals surface area contributed by atoms with Gasteiger partial charge in [-0.1, -0.05) is 52.4 Å². The first-order chi connectivity index (χ1) is 8.47. The molecule has 2 N–H and O–H groups in total. The lowest BCUT2D eigenvalue weighted by Gasteiger charge is -1.95. The van der Waals surface area contributed by atoms with E-state index >= 15 is 0 Å². The van der Waals surface area contributed by atoms with Gasteiger partial charge in [0.2, 0.25) is 0 Å². The van der Waals surface area contributed by atoms with Crippen molar-refractivity contribution in [1.29, 1.82) is 0 Å². The summed E-state index contributed by atoms with van der Waals surface area (Å²) in [6.07, 6.45) is 8.98. The van der Waals surface area contributed by atoms with Crippen molar-refractivity contribution in [1.82, 2.24) is 0 Å². The Morgan fingerprint density at radius 2 is 1.39 bits per heavy atom. The second-order valence-corrected chi connectivity index (χ2v) is 5.19. The maximum atomic E-state index is 9.84. The lowest BCUT2D eigenvalue weighted by molar-refractivity contribution is 0.264. The molecule has 0 spiro atoms. The van der Waals surface area contributed by atoms with Crippen molar-refractivity contribution in [3.63, 3.8) is 0 Å². The fourth-order valence-corrected chi connectivity index (χ4v) is 1.53. The molecule has 0 fully saturated rings. The molecule has 0 aromatic heterocycles. The largest absolute Gasteiger partial charge is 0.397 e. The highest BCUT2D eigenvalue weighted by atomic mass is 32.3. The Kier molecular flexibility index (Phi) is 16.7. The van der Waals surface area contributed by atoms with Gasteiger partial charge < -0.3 is 5.11 Å². The maximum Gasteiger partial charge on any atom is 0.397 e. The van der Waals surface area contributed by atoms with E-state index in [4.69, 9.17) is 9.66 Å². The predicted molar refractivity (Wildman–Crippen MR) is 72.9 cm³/mol. The minimum atomic E-state index is -4.20. The Balaban J connectivity index is 0. The molecule has 0 unspecified atom stereocenters. The zero-order valence-corrected chi connectivity index (χ0v) is 12.4.